The minimum Gasteiger partial charge on any atom is -0.387 e. The third kappa shape index (κ3) is 3.32. The summed E-state index contributed by atoms with van der Waals surface area (Å²) < 4.78 is 0. The van der Waals surface area contributed by atoms with Crippen molar-refractivity contribution in [3.63, 3.8) is 0 Å². The Morgan fingerprint density at radius 2 is 2.31 bits per heavy atom. The van der Waals surface area contributed by atoms with E-state index in [4.69, 9.17) is 17.4 Å². The van der Waals surface area contributed by atoms with Gasteiger partial charge in [-0.25, -0.2) is 5.01 Å². The van der Waals surface area contributed by atoms with E-state index in [2.05, 4.69) is 0 Å². The molecule has 0 amide bonds. The van der Waals surface area contributed by atoms with Crippen LogP contribution in [0.1, 0.15) is 11.7 Å². The highest BCUT2D eigenvalue weighted by atomic mass is 35.5. The van der Waals surface area contributed by atoms with E-state index in [0.29, 0.717) is 11.6 Å². The summed E-state index contributed by atoms with van der Waals surface area (Å²) in [5, 5.41) is 11.7. The second-order valence-corrected chi connectivity index (χ2v) is 3.45. The van der Waals surface area contributed by atoms with E-state index in [1.807, 2.05) is 6.07 Å². The van der Waals surface area contributed by atoms with Gasteiger partial charge in [0, 0.05) is 18.6 Å². The summed E-state index contributed by atoms with van der Waals surface area (Å²) in [7, 11) is 1.70. The van der Waals surface area contributed by atoms with Crippen molar-refractivity contribution in [2.75, 3.05) is 13.6 Å². The lowest BCUT2D eigenvalue weighted by molar-refractivity contribution is 0.127. The molecule has 0 bridgehead atoms. The van der Waals surface area contributed by atoms with Gasteiger partial charge >= 0.3 is 0 Å². The molecule has 0 aliphatic heterocycles. The Kier molecular flexibility index (Phi) is 3.69. The Bertz CT molecular complexity index is 278. The van der Waals surface area contributed by atoms with Crippen LogP contribution >= 0.6 is 11.6 Å². The molecule has 0 aliphatic rings. The van der Waals surface area contributed by atoms with Gasteiger partial charge in [0.15, 0.2) is 0 Å². The highest BCUT2D eigenvalue weighted by molar-refractivity contribution is 6.30. The second-order valence-electron chi connectivity index (χ2n) is 3.01. The van der Waals surface area contributed by atoms with Crippen LogP contribution in [0.25, 0.3) is 0 Å². The standard InChI is InChI=1S/C9H13ClN2O/c1-12(11)6-9(13)7-3-2-4-8(10)5-7/h2-5,9,13H,6,11H2,1H3. The predicted octanol–water partition coefficient (Wildman–Crippen LogP) is 1.18. The molecule has 13 heavy (non-hydrogen) atoms. The molecule has 1 unspecified atom stereocenters. The number of hydrogen-bond acceptors (Lipinski definition) is 3. The molecule has 0 fully saturated rings. The smallest absolute Gasteiger partial charge is 0.0931 e. The fourth-order valence-corrected chi connectivity index (χ4v) is 1.29. The van der Waals surface area contributed by atoms with Crippen molar-refractivity contribution >= 4 is 11.6 Å². The van der Waals surface area contributed by atoms with Crippen LogP contribution in [0.2, 0.25) is 5.02 Å². The molecule has 0 heterocycles. The number of rotatable bonds is 3. The van der Waals surface area contributed by atoms with E-state index in [1.165, 1.54) is 5.01 Å². The maximum absolute atomic E-state index is 9.64. The molecule has 0 aliphatic carbocycles. The molecule has 72 valence electrons. The monoisotopic (exact) mass is 200 g/mol. The SMILES string of the molecule is CN(N)CC(O)c1cccc(Cl)c1. The summed E-state index contributed by atoms with van der Waals surface area (Å²) in [5.74, 6) is 5.41. The topological polar surface area (TPSA) is 49.5 Å². The number of likely N-dealkylation sites (N-methyl/N-ethyl adjacent to an activating group) is 1. The number of hydrogen-bond donors (Lipinski definition) is 2. The lowest BCUT2D eigenvalue weighted by Crippen LogP contribution is -2.30. The van der Waals surface area contributed by atoms with Crippen LogP contribution in [-0.4, -0.2) is 23.7 Å². The van der Waals surface area contributed by atoms with Gasteiger partial charge in [-0.15, -0.1) is 0 Å². The molecular formula is C9H13ClN2O. The highest BCUT2D eigenvalue weighted by Crippen LogP contribution is 2.17. The van der Waals surface area contributed by atoms with Gasteiger partial charge in [0.25, 0.3) is 0 Å². The fraction of sp³-hybridized carbons (Fsp3) is 0.333. The summed E-state index contributed by atoms with van der Waals surface area (Å²) in [6.07, 6.45) is -0.589. The molecule has 1 aromatic carbocycles. The number of halogens is 1. The van der Waals surface area contributed by atoms with E-state index in [-0.39, 0.29) is 0 Å². The molecular weight excluding hydrogens is 188 g/mol. The van der Waals surface area contributed by atoms with Gasteiger partial charge in [-0.05, 0) is 17.7 Å². The number of nitrogens with two attached hydrogens (primary N) is 1. The van der Waals surface area contributed by atoms with Crippen molar-refractivity contribution in [1.82, 2.24) is 5.01 Å². The van der Waals surface area contributed by atoms with E-state index in [9.17, 15) is 5.11 Å². The molecule has 0 radical (unpaired) electrons. The van der Waals surface area contributed by atoms with Gasteiger partial charge < -0.3 is 5.11 Å². The zero-order chi connectivity index (χ0) is 9.84. The number of aliphatic hydroxyl groups is 1. The van der Waals surface area contributed by atoms with Crippen LogP contribution in [0, 0.1) is 0 Å². The fourth-order valence-electron chi connectivity index (χ4n) is 1.09. The Balaban J connectivity index is 2.71. The lowest BCUT2D eigenvalue weighted by Gasteiger charge is -2.15. The minimum absolute atomic E-state index is 0.389. The quantitative estimate of drug-likeness (QED) is 0.569. The van der Waals surface area contributed by atoms with Crippen LogP contribution in [-0.2, 0) is 0 Å². The summed E-state index contributed by atoms with van der Waals surface area (Å²) >= 11 is 5.77. The van der Waals surface area contributed by atoms with Gasteiger partial charge in [-0.2, -0.15) is 0 Å². The molecule has 0 spiro atoms. The lowest BCUT2D eigenvalue weighted by atomic mass is 10.1. The first-order valence-corrected chi connectivity index (χ1v) is 4.37. The molecule has 1 aromatic rings. The summed E-state index contributed by atoms with van der Waals surface area (Å²) in [6, 6.07) is 7.12. The second kappa shape index (κ2) is 4.58. The van der Waals surface area contributed by atoms with Crippen LogP contribution < -0.4 is 5.84 Å². The van der Waals surface area contributed by atoms with Crippen LogP contribution in [0.5, 0.6) is 0 Å². The average Bonchev–Trinajstić information content (AvgIpc) is 2.03. The van der Waals surface area contributed by atoms with Crippen molar-refractivity contribution in [1.29, 1.82) is 0 Å². The van der Waals surface area contributed by atoms with Crippen molar-refractivity contribution in [3.05, 3.63) is 34.9 Å². The van der Waals surface area contributed by atoms with Crippen LogP contribution in [0.15, 0.2) is 24.3 Å². The predicted molar refractivity (Wildman–Crippen MR) is 53.2 cm³/mol. The largest absolute Gasteiger partial charge is 0.387 e. The zero-order valence-electron chi connectivity index (χ0n) is 7.44. The van der Waals surface area contributed by atoms with Crippen molar-refractivity contribution in [2.24, 2.45) is 5.84 Å². The van der Waals surface area contributed by atoms with Gasteiger partial charge in [-0.3, -0.25) is 5.84 Å². The Hall–Kier alpha value is -0.610. The Morgan fingerprint density at radius 3 is 2.85 bits per heavy atom. The molecule has 0 saturated carbocycles. The van der Waals surface area contributed by atoms with Crippen LogP contribution in [0.3, 0.4) is 0 Å². The molecule has 0 saturated heterocycles. The molecule has 3 nitrogen and oxygen atoms in total. The van der Waals surface area contributed by atoms with Crippen molar-refractivity contribution < 1.29 is 5.11 Å². The average molecular weight is 201 g/mol. The number of nitrogens with zero attached hydrogens (tertiary/aromatic N) is 1. The molecule has 1 rings (SSSR count). The van der Waals surface area contributed by atoms with E-state index >= 15 is 0 Å². The molecule has 1 atom stereocenters. The zero-order valence-corrected chi connectivity index (χ0v) is 8.20. The third-order valence-electron chi connectivity index (χ3n) is 1.69. The summed E-state index contributed by atoms with van der Waals surface area (Å²) in [6.45, 7) is 0.389. The first-order valence-electron chi connectivity index (χ1n) is 3.99. The van der Waals surface area contributed by atoms with Gasteiger partial charge in [-0.1, -0.05) is 23.7 Å². The summed E-state index contributed by atoms with van der Waals surface area (Å²) in [4.78, 5) is 0. The highest BCUT2D eigenvalue weighted by Gasteiger charge is 2.08. The number of benzene rings is 1. The third-order valence-corrected chi connectivity index (χ3v) is 1.93. The first-order chi connectivity index (χ1) is 6.09. The maximum atomic E-state index is 9.64. The minimum atomic E-state index is -0.589. The Labute approximate surface area is 82.7 Å². The summed E-state index contributed by atoms with van der Waals surface area (Å²) in [5.41, 5.74) is 0.782. The van der Waals surface area contributed by atoms with Crippen LogP contribution in [0.4, 0.5) is 0 Å². The van der Waals surface area contributed by atoms with E-state index in [1.54, 1.807) is 25.2 Å². The van der Waals surface area contributed by atoms with Gasteiger partial charge in [0.1, 0.15) is 0 Å². The van der Waals surface area contributed by atoms with E-state index in [0.717, 1.165) is 5.56 Å². The van der Waals surface area contributed by atoms with Gasteiger partial charge in [0.05, 0.1) is 6.10 Å². The molecule has 0 aromatic heterocycles. The van der Waals surface area contributed by atoms with Crippen molar-refractivity contribution in [2.45, 2.75) is 6.10 Å². The number of aliphatic hydroxyl groups excluding tert-OH is 1. The molecule has 3 N–H and O–H groups in total. The number of hydrazine groups is 1. The van der Waals surface area contributed by atoms with Crippen molar-refractivity contribution in [3.8, 4) is 0 Å². The normalized spacial score (nSPS) is 13.3. The maximum Gasteiger partial charge on any atom is 0.0931 e. The Morgan fingerprint density at radius 1 is 1.62 bits per heavy atom. The molecule has 4 heteroatoms. The van der Waals surface area contributed by atoms with Gasteiger partial charge in [0.2, 0.25) is 0 Å². The van der Waals surface area contributed by atoms with E-state index < -0.39 is 6.10 Å². The first kappa shape index (κ1) is 10.5.